The minimum Gasteiger partial charge on any atom is -0.371 e. The Bertz CT molecular complexity index is 259. The summed E-state index contributed by atoms with van der Waals surface area (Å²) in [5.41, 5.74) is 1.11. The standard InChI is InChI=1S/C8H10ClNOS/c9-8-6(1-2-12-8)5-11-7-3-10-4-7/h1-2,7,10H,3-5H2. The Balaban J connectivity index is 1.82. The predicted octanol–water partition coefficient (Wildman–Crippen LogP) is 1.89. The van der Waals surface area contributed by atoms with Gasteiger partial charge in [0, 0.05) is 18.7 Å². The molecule has 0 amide bonds. The van der Waals surface area contributed by atoms with Crippen LogP contribution in [0.2, 0.25) is 4.34 Å². The molecular formula is C8H10ClNOS. The summed E-state index contributed by atoms with van der Waals surface area (Å²) < 4.78 is 6.41. The summed E-state index contributed by atoms with van der Waals surface area (Å²) >= 11 is 7.46. The van der Waals surface area contributed by atoms with Crippen molar-refractivity contribution in [2.75, 3.05) is 13.1 Å². The molecule has 1 aliphatic rings. The summed E-state index contributed by atoms with van der Waals surface area (Å²) in [6.45, 7) is 2.60. The molecule has 0 atom stereocenters. The van der Waals surface area contributed by atoms with E-state index < -0.39 is 0 Å². The summed E-state index contributed by atoms with van der Waals surface area (Å²) in [6, 6.07) is 2.01. The van der Waals surface area contributed by atoms with Crippen molar-refractivity contribution in [2.45, 2.75) is 12.7 Å². The van der Waals surface area contributed by atoms with Gasteiger partial charge in [0.1, 0.15) is 0 Å². The molecule has 1 aliphatic heterocycles. The van der Waals surface area contributed by atoms with Gasteiger partial charge in [0.2, 0.25) is 0 Å². The molecule has 1 N–H and O–H groups in total. The summed E-state index contributed by atoms with van der Waals surface area (Å²) in [4.78, 5) is 0. The minimum atomic E-state index is 0.390. The lowest BCUT2D eigenvalue weighted by Crippen LogP contribution is -2.48. The van der Waals surface area contributed by atoms with Crippen molar-refractivity contribution in [1.82, 2.24) is 5.32 Å². The highest BCUT2D eigenvalue weighted by atomic mass is 35.5. The first kappa shape index (κ1) is 8.51. The van der Waals surface area contributed by atoms with E-state index in [2.05, 4.69) is 5.32 Å². The molecule has 2 nitrogen and oxygen atoms in total. The molecule has 1 saturated heterocycles. The Hall–Kier alpha value is -0.0900. The third-order valence-corrected chi connectivity index (χ3v) is 3.16. The zero-order valence-electron chi connectivity index (χ0n) is 6.55. The van der Waals surface area contributed by atoms with Crippen LogP contribution in [0.1, 0.15) is 5.56 Å². The summed E-state index contributed by atoms with van der Waals surface area (Å²) in [5.74, 6) is 0. The van der Waals surface area contributed by atoms with Crippen LogP contribution in [0.15, 0.2) is 11.4 Å². The van der Waals surface area contributed by atoms with Crippen molar-refractivity contribution < 1.29 is 4.74 Å². The first-order chi connectivity index (χ1) is 5.86. The fraction of sp³-hybridized carbons (Fsp3) is 0.500. The topological polar surface area (TPSA) is 21.3 Å². The van der Waals surface area contributed by atoms with Crippen LogP contribution in [0.5, 0.6) is 0 Å². The highest BCUT2D eigenvalue weighted by Crippen LogP contribution is 2.23. The summed E-state index contributed by atoms with van der Waals surface area (Å²) in [7, 11) is 0. The molecule has 2 heterocycles. The lowest BCUT2D eigenvalue weighted by molar-refractivity contribution is 0.00777. The molecule has 4 heteroatoms. The lowest BCUT2D eigenvalue weighted by Gasteiger charge is -2.26. The third-order valence-electron chi connectivity index (χ3n) is 1.91. The maximum Gasteiger partial charge on any atom is 0.0983 e. The van der Waals surface area contributed by atoms with Gasteiger partial charge in [-0.3, -0.25) is 0 Å². The largest absolute Gasteiger partial charge is 0.371 e. The van der Waals surface area contributed by atoms with E-state index in [4.69, 9.17) is 16.3 Å². The van der Waals surface area contributed by atoms with E-state index >= 15 is 0 Å². The van der Waals surface area contributed by atoms with E-state index in [0.29, 0.717) is 12.7 Å². The SMILES string of the molecule is Clc1sccc1COC1CNC1. The molecule has 0 bridgehead atoms. The molecule has 0 saturated carbocycles. The molecule has 1 fully saturated rings. The van der Waals surface area contributed by atoms with Crippen LogP contribution in [0.3, 0.4) is 0 Å². The Kier molecular flexibility index (Phi) is 2.66. The number of hydrogen-bond acceptors (Lipinski definition) is 3. The Morgan fingerprint density at radius 3 is 3.00 bits per heavy atom. The molecule has 1 aromatic heterocycles. The molecule has 0 aromatic carbocycles. The molecule has 12 heavy (non-hydrogen) atoms. The maximum absolute atomic E-state index is 5.91. The van der Waals surface area contributed by atoms with E-state index in [9.17, 15) is 0 Å². The van der Waals surface area contributed by atoms with Crippen LogP contribution in [-0.2, 0) is 11.3 Å². The van der Waals surface area contributed by atoms with E-state index in [1.807, 2.05) is 11.4 Å². The van der Waals surface area contributed by atoms with Gasteiger partial charge >= 0.3 is 0 Å². The van der Waals surface area contributed by atoms with E-state index in [-0.39, 0.29) is 0 Å². The second kappa shape index (κ2) is 3.75. The smallest absolute Gasteiger partial charge is 0.0983 e. The summed E-state index contributed by atoms with van der Waals surface area (Å²) in [6.07, 6.45) is 0.390. The van der Waals surface area contributed by atoms with Crippen LogP contribution in [0.25, 0.3) is 0 Å². The predicted molar refractivity (Wildman–Crippen MR) is 50.8 cm³/mol. The summed E-state index contributed by atoms with van der Waals surface area (Å²) in [5, 5.41) is 5.14. The first-order valence-corrected chi connectivity index (χ1v) is 5.16. The first-order valence-electron chi connectivity index (χ1n) is 3.90. The zero-order valence-corrected chi connectivity index (χ0v) is 8.12. The van der Waals surface area contributed by atoms with Gasteiger partial charge in [0.05, 0.1) is 17.0 Å². The van der Waals surface area contributed by atoms with Crippen LogP contribution in [0, 0.1) is 0 Å². The lowest BCUT2D eigenvalue weighted by atomic mass is 10.2. The van der Waals surface area contributed by atoms with Crippen molar-refractivity contribution in [3.63, 3.8) is 0 Å². The zero-order chi connectivity index (χ0) is 8.39. The molecule has 66 valence electrons. The molecule has 2 rings (SSSR count). The highest BCUT2D eigenvalue weighted by molar-refractivity contribution is 7.14. The average molecular weight is 204 g/mol. The van der Waals surface area contributed by atoms with Crippen molar-refractivity contribution in [3.8, 4) is 0 Å². The second-order valence-electron chi connectivity index (χ2n) is 2.81. The van der Waals surface area contributed by atoms with Crippen LogP contribution in [0.4, 0.5) is 0 Å². The van der Waals surface area contributed by atoms with Gasteiger partial charge in [0.25, 0.3) is 0 Å². The molecule has 0 aliphatic carbocycles. The van der Waals surface area contributed by atoms with Crippen molar-refractivity contribution in [2.24, 2.45) is 0 Å². The van der Waals surface area contributed by atoms with Crippen LogP contribution < -0.4 is 5.32 Å². The third kappa shape index (κ3) is 1.80. The number of nitrogens with one attached hydrogen (secondary N) is 1. The van der Waals surface area contributed by atoms with Gasteiger partial charge in [-0.05, 0) is 11.4 Å². The molecular weight excluding hydrogens is 194 g/mol. The Labute approximate surface area is 80.5 Å². The van der Waals surface area contributed by atoms with Crippen molar-refractivity contribution >= 4 is 22.9 Å². The van der Waals surface area contributed by atoms with Crippen molar-refractivity contribution in [3.05, 3.63) is 21.3 Å². The molecule has 0 spiro atoms. The molecule has 0 unspecified atom stereocenters. The normalized spacial score (nSPS) is 17.8. The van der Waals surface area contributed by atoms with Crippen LogP contribution >= 0.6 is 22.9 Å². The van der Waals surface area contributed by atoms with E-state index in [1.54, 1.807) is 11.3 Å². The average Bonchev–Trinajstić information content (AvgIpc) is 2.33. The van der Waals surface area contributed by atoms with Crippen LogP contribution in [-0.4, -0.2) is 19.2 Å². The molecule has 1 aromatic rings. The number of ether oxygens (including phenoxy) is 1. The van der Waals surface area contributed by atoms with Gasteiger partial charge in [-0.2, -0.15) is 0 Å². The van der Waals surface area contributed by atoms with Gasteiger partial charge in [-0.15, -0.1) is 11.3 Å². The monoisotopic (exact) mass is 203 g/mol. The highest BCUT2D eigenvalue weighted by Gasteiger charge is 2.17. The quantitative estimate of drug-likeness (QED) is 0.810. The van der Waals surface area contributed by atoms with Gasteiger partial charge in [-0.1, -0.05) is 11.6 Å². The maximum atomic E-state index is 5.91. The van der Waals surface area contributed by atoms with Gasteiger partial charge in [-0.25, -0.2) is 0 Å². The Morgan fingerprint density at radius 2 is 2.50 bits per heavy atom. The van der Waals surface area contributed by atoms with Gasteiger partial charge < -0.3 is 10.1 Å². The number of thiophene rings is 1. The number of halogens is 1. The number of hydrogen-bond donors (Lipinski definition) is 1. The molecule has 0 radical (unpaired) electrons. The fourth-order valence-corrected chi connectivity index (χ4v) is 1.91. The Morgan fingerprint density at radius 1 is 1.67 bits per heavy atom. The van der Waals surface area contributed by atoms with E-state index in [0.717, 1.165) is 23.0 Å². The van der Waals surface area contributed by atoms with Crippen molar-refractivity contribution in [1.29, 1.82) is 0 Å². The minimum absolute atomic E-state index is 0.390. The second-order valence-corrected chi connectivity index (χ2v) is 4.33. The fourth-order valence-electron chi connectivity index (χ4n) is 1.01. The van der Waals surface area contributed by atoms with E-state index in [1.165, 1.54) is 0 Å². The van der Waals surface area contributed by atoms with Gasteiger partial charge in [0.15, 0.2) is 0 Å². The number of rotatable bonds is 3.